The predicted molar refractivity (Wildman–Crippen MR) is 90.7 cm³/mol. The van der Waals surface area contributed by atoms with Gasteiger partial charge in [-0.2, -0.15) is 0 Å². The van der Waals surface area contributed by atoms with Crippen LogP contribution in [-0.2, 0) is 4.79 Å². The van der Waals surface area contributed by atoms with Gasteiger partial charge in [-0.15, -0.1) is 0 Å². The molecule has 23 heavy (non-hydrogen) atoms. The van der Waals surface area contributed by atoms with Crippen molar-refractivity contribution >= 4 is 28.9 Å². The zero-order valence-corrected chi connectivity index (χ0v) is 13.1. The summed E-state index contributed by atoms with van der Waals surface area (Å²) in [6.45, 7) is 4.09. The van der Waals surface area contributed by atoms with Crippen LogP contribution in [0.1, 0.15) is 0 Å². The van der Waals surface area contributed by atoms with Gasteiger partial charge in [0.05, 0.1) is 11.6 Å². The summed E-state index contributed by atoms with van der Waals surface area (Å²) in [6, 6.07) is 11.2. The summed E-state index contributed by atoms with van der Waals surface area (Å²) in [4.78, 5) is 11.8. The fourth-order valence-corrected chi connectivity index (χ4v) is 1.97. The predicted octanol–water partition coefficient (Wildman–Crippen LogP) is 4.09. The number of amides is 1. The molecule has 0 fully saturated rings. The maximum Gasteiger partial charge on any atom is 0.243 e. The van der Waals surface area contributed by atoms with Crippen molar-refractivity contribution in [1.82, 2.24) is 0 Å². The van der Waals surface area contributed by atoms with Gasteiger partial charge in [0.1, 0.15) is 18.2 Å². The molecule has 4 nitrogen and oxygen atoms in total. The fourth-order valence-electron chi connectivity index (χ4n) is 1.79. The van der Waals surface area contributed by atoms with Crippen molar-refractivity contribution in [3.05, 3.63) is 66.0 Å². The van der Waals surface area contributed by atoms with E-state index in [4.69, 9.17) is 16.3 Å². The first-order valence-electron chi connectivity index (χ1n) is 6.91. The molecular formula is C17H16ClFN2O2. The standard InChI is InChI=1S/C17H16ClFN2O2/c1-2-9-23-14-6-3-12(4-7-14)20-11-17(22)21-13-5-8-16(19)15(18)10-13/h2-8,10,20H,1,9,11H2,(H,21,22). The van der Waals surface area contributed by atoms with Gasteiger partial charge in [-0.05, 0) is 42.5 Å². The Morgan fingerprint density at radius 2 is 1.91 bits per heavy atom. The quantitative estimate of drug-likeness (QED) is 0.750. The second kappa shape index (κ2) is 8.19. The Morgan fingerprint density at radius 1 is 1.22 bits per heavy atom. The van der Waals surface area contributed by atoms with Crippen molar-refractivity contribution in [3.8, 4) is 5.75 Å². The van der Waals surface area contributed by atoms with E-state index in [1.54, 1.807) is 30.3 Å². The van der Waals surface area contributed by atoms with Gasteiger partial charge in [0.25, 0.3) is 0 Å². The first-order valence-corrected chi connectivity index (χ1v) is 7.29. The zero-order valence-electron chi connectivity index (χ0n) is 12.3. The van der Waals surface area contributed by atoms with Crippen LogP contribution >= 0.6 is 11.6 Å². The van der Waals surface area contributed by atoms with Gasteiger partial charge in [0.2, 0.25) is 5.91 Å². The first kappa shape index (κ1) is 16.8. The number of carbonyl (C=O) groups is 1. The first-order chi connectivity index (χ1) is 11.1. The molecule has 2 aromatic rings. The van der Waals surface area contributed by atoms with E-state index in [-0.39, 0.29) is 17.5 Å². The van der Waals surface area contributed by atoms with E-state index in [0.29, 0.717) is 12.3 Å². The summed E-state index contributed by atoms with van der Waals surface area (Å²) in [7, 11) is 0. The SMILES string of the molecule is C=CCOc1ccc(NCC(=O)Nc2ccc(F)c(Cl)c2)cc1. The van der Waals surface area contributed by atoms with E-state index in [9.17, 15) is 9.18 Å². The zero-order chi connectivity index (χ0) is 16.7. The Morgan fingerprint density at radius 3 is 2.57 bits per heavy atom. The van der Waals surface area contributed by atoms with Gasteiger partial charge in [0.15, 0.2) is 0 Å². The lowest BCUT2D eigenvalue weighted by molar-refractivity contribution is -0.114. The molecule has 0 aliphatic heterocycles. The Bertz CT molecular complexity index is 689. The van der Waals surface area contributed by atoms with Crippen molar-refractivity contribution in [1.29, 1.82) is 0 Å². The normalized spacial score (nSPS) is 10.0. The Balaban J connectivity index is 1.83. The molecule has 1 amide bonds. The van der Waals surface area contributed by atoms with Gasteiger partial charge in [-0.3, -0.25) is 4.79 Å². The lowest BCUT2D eigenvalue weighted by Gasteiger charge is -2.09. The van der Waals surface area contributed by atoms with Gasteiger partial charge in [0, 0.05) is 11.4 Å². The average molecular weight is 335 g/mol. The topological polar surface area (TPSA) is 50.4 Å². The molecule has 0 heterocycles. The second-order valence-corrected chi connectivity index (χ2v) is 5.06. The van der Waals surface area contributed by atoms with Crippen LogP contribution in [0.15, 0.2) is 55.1 Å². The number of benzene rings is 2. The minimum atomic E-state index is -0.526. The number of hydrogen-bond donors (Lipinski definition) is 2. The molecule has 0 atom stereocenters. The molecule has 2 aromatic carbocycles. The van der Waals surface area contributed by atoms with E-state index in [0.717, 1.165) is 11.4 Å². The molecule has 0 radical (unpaired) electrons. The van der Waals surface area contributed by atoms with E-state index in [1.165, 1.54) is 18.2 Å². The van der Waals surface area contributed by atoms with Crippen LogP contribution in [-0.4, -0.2) is 19.1 Å². The van der Waals surface area contributed by atoms with Crippen LogP contribution in [0.5, 0.6) is 5.75 Å². The molecule has 0 aromatic heterocycles. The molecule has 0 saturated carbocycles. The number of halogens is 2. The highest BCUT2D eigenvalue weighted by molar-refractivity contribution is 6.31. The van der Waals surface area contributed by atoms with Crippen LogP contribution in [0, 0.1) is 5.82 Å². The Kier molecular flexibility index (Phi) is 6.00. The summed E-state index contributed by atoms with van der Waals surface area (Å²) in [5.74, 6) is -0.0675. The molecule has 0 spiro atoms. The number of carbonyl (C=O) groups excluding carboxylic acids is 1. The maximum absolute atomic E-state index is 13.0. The van der Waals surface area contributed by atoms with Crippen molar-refractivity contribution in [2.75, 3.05) is 23.8 Å². The Hall–Kier alpha value is -2.53. The third-order valence-corrected chi connectivity index (χ3v) is 3.17. The molecule has 2 rings (SSSR count). The number of hydrogen-bond acceptors (Lipinski definition) is 3. The molecule has 120 valence electrons. The van der Waals surface area contributed by atoms with Gasteiger partial charge in [-0.25, -0.2) is 4.39 Å². The van der Waals surface area contributed by atoms with Crippen molar-refractivity contribution in [2.24, 2.45) is 0 Å². The average Bonchev–Trinajstić information content (AvgIpc) is 2.55. The maximum atomic E-state index is 13.0. The highest BCUT2D eigenvalue weighted by atomic mass is 35.5. The monoisotopic (exact) mass is 334 g/mol. The largest absolute Gasteiger partial charge is 0.490 e. The van der Waals surface area contributed by atoms with E-state index in [1.807, 2.05) is 0 Å². The smallest absolute Gasteiger partial charge is 0.243 e. The Labute approximate surface area is 138 Å². The molecule has 0 unspecified atom stereocenters. The number of ether oxygens (including phenoxy) is 1. The molecule has 0 bridgehead atoms. The third-order valence-electron chi connectivity index (χ3n) is 2.88. The van der Waals surface area contributed by atoms with Crippen molar-refractivity contribution < 1.29 is 13.9 Å². The van der Waals surface area contributed by atoms with E-state index < -0.39 is 5.82 Å². The summed E-state index contributed by atoms with van der Waals surface area (Å²) in [5, 5.41) is 5.57. The number of rotatable bonds is 7. The molecular weight excluding hydrogens is 319 g/mol. The minimum Gasteiger partial charge on any atom is -0.490 e. The van der Waals surface area contributed by atoms with Crippen LogP contribution in [0.2, 0.25) is 5.02 Å². The van der Waals surface area contributed by atoms with E-state index in [2.05, 4.69) is 17.2 Å². The minimum absolute atomic E-state index is 0.0362. The molecule has 0 aliphatic carbocycles. The summed E-state index contributed by atoms with van der Waals surface area (Å²) < 4.78 is 18.4. The van der Waals surface area contributed by atoms with Crippen LogP contribution in [0.4, 0.5) is 15.8 Å². The third kappa shape index (κ3) is 5.30. The van der Waals surface area contributed by atoms with Gasteiger partial charge >= 0.3 is 0 Å². The summed E-state index contributed by atoms with van der Waals surface area (Å²) >= 11 is 5.66. The highest BCUT2D eigenvalue weighted by Crippen LogP contribution is 2.19. The van der Waals surface area contributed by atoms with E-state index >= 15 is 0 Å². The van der Waals surface area contributed by atoms with Crippen LogP contribution < -0.4 is 15.4 Å². The number of anilines is 2. The molecule has 0 saturated heterocycles. The van der Waals surface area contributed by atoms with Gasteiger partial charge in [-0.1, -0.05) is 24.3 Å². The van der Waals surface area contributed by atoms with Crippen molar-refractivity contribution in [2.45, 2.75) is 0 Å². The van der Waals surface area contributed by atoms with Gasteiger partial charge < -0.3 is 15.4 Å². The van der Waals surface area contributed by atoms with Crippen molar-refractivity contribution in [3.63, 3.8) is 0 Å². The lowest BCUT2D eigenvalue weighted by atomic mass is 10.3. The second-order valence-electron chi connectivity index (χ2n) is 4.65. The molecule has 6 heteroatoms. The summed E-state index contributed by atoms with van der Waals surface area (Å²) in [6.07, 6.45) is 1.66. The lowest BCUT2D eigenvalue weighted by Crippen LogP contribution is -2.21. The van der Waals surface area contributed by atoms with Crippen LogP contribution in [0.3, 0.4) is 0 Å². The molecule has 0 aliphatic rings. The molecule has 2 N–H and O–H groups in total. The fraction of sp³-hybridized carbons (Fsp3) is 0.118. The highest BCUT2D eigenvalue weighted by Gasteiger charge is 2.05. The summed E-state index contributed by atoms with van der Waals surface area (Å²) in [5.41, 5.74) is 1.22. The van der Waals surface area contributed by atoms with Crippen LogP contribution in [0.25, 0.3) is 0 Å². The number of nitrogens with one attached hydrogen (secondary N) is 2.